The van der Waals surface area contributed by atoms with Gasteiger partial charge in [0.1, 0.15) is 0 Å². The van der Waals surface area contributed by atoms with Crippen LogP contribution in [0.1, 0.15) is 0 Å². The van der Waals surface area contributed by atoms with Crippen molar-refractivity contribution in [1.82, 2.24) is 9.55 Å². The van der Waals surface area contributed by atoms with Crippen molar-refractivity contribution < 1.29 is 0 Å². The Morgan fingerprint density at radius 1 is 1.17 bits per heavy atom. The number of nitrogens with zero attached hydrogens (tertiary/aromatic N) is 2. The van der Waals surface area contributed by atoms with Crippen molar-refractivity contribution >= 4 is 44.5 Å². The average Bonchev–Trinajstić information content (AvgIpc) is 2.64. The van der Waals surface area contributed by atoms with Crippen molar-refractivity contribution in [1.29, 1.82) is 0 Å². The van der Waals surface area contributed by atoms with Crippen molar-refractivity contribution in [2.75, 3.05) is 5.73 Å². The Hall–Kier alpha value is -1.52. The molecule has 2 N–H and O–H groups in total. The highest BCUT2D eigenvalue weighted by Gasteiger charge is 2.10. The van der Waals surface area contributed by atoms with Crippen LogP contribution in [-0.4, -0.2) is 9.55 Å². The molecule has 0 aliphatic carbocycles. The molecule has 0 radical (unpaired) electrons. The van der Waals surface area contributed by atoms with E-state index < -0.39 is 0 Å². The van der Waals surface area contributed by atoms with Gasteiger partial charge >= 0.3 is 0 Å². The van der Waals surface area contributed by atoms with Gasteiger partial charge in [0.05, 0.1) is 16.7 Å². The maximum absolute atomic E-state index is 5.98. The SMILES string of the molecule is Nc1nc2cc(Cl)ccc2n1-c1cccc(Br)c1. The molecule has 3 aromatic rings. The van der Waals surface area contributed by atoms with Crippen molar-refractivity contribution in [2.45, 2.75) is 0 Å². The van der Waals surface area contributed by atoms with Crippen molar-refractivity contribution in [3.05, 3.63) is 52.0 Å². The number of hydrogen-bond donors (Lipinski definition) is 1. The third kappa shape index (κ3) is 1.87. The van der Waals surface area contributed by atoms with Gasteiger partial charge in [-0.1, -0.05) is 33.6 Å². The van der Waals surface area contributed by atoms with Gasteiger partial charge in [0, 0.05) is 9.50 Å². The van der Waals surface area contributed by atoms with Gasteiger partial charge in [0.2, 0.25) is 5.95 Å². The van der Waals surface area contributed by atoms with E-state index in [1.165, 1.54) is 0 Å². The van der Waals surface area contributed by atoms with Crippen LogP contribution in [0.5, 0.6) is 0 Å². The summed E-state index contributed by atoms with van der Waals surface area (Å²) in [7, 11) is 0. The first-order valence-corrected chi connectivity index (χ1v) is 6.52. The lowest BCUT2D eigenvalue weighted by Crippen LogP contribution is -2.00. The summed E-state index contributed by atoms with van der Waals surface area (Å²) in [6.07, 6.45) is 0. The first-order chi connectivity index (χ1) is 8.65. The molecule has 1 heterocycles. The first-order valence-electron chi connectivity index (χ1n) is 5.34. The number of halogens is 2. The van der Waals surface area contributed by atoms with E-state index in [1.54, 1.807) is 0 Å². The molecule has 0 aliphatic heterocycles. The predicted octanol–water partition coefficient (Wildman–Crippen LogP) is 4.02. The van der Waals surface area contributed by atoms with Crippen LogP contribution in [0.15, 0.2) is 46.9 Å². The lowest BCUT2D eigenvalue weighted by Gasteiger charge is -2.06. The fraction of sp³-hybridized carbons (Fsp3) is 0. The molecule has 3 rings (SSSR count). The third-order valence-electron chi connectivity index (χ3n) is 2.71. The van der Waals surface area contributed by atoms with Crippen LogP contribution in [0.4, 0.5) is 5.95 Å². The summed E-state index contributed by atoms with van der Waals surface area (Å²) >= 11 is 9.41. The van der Waals surface area contributed by atoms with Gasteiger partial charge < -0.3 is 5.73 Å². The average molecular weight is 323 g/mol. The number of imidazole rings is 1. The molecule has 1 aromatic heterocycles. The molecular weight excluding hydrogens is 314 g/mol. The molecule has 0 fully saturated rings. The quantitative estimate of drug-likeness (QED) is 0.735. The summed E-state index contributed by atoms with van der Waals surface area (Å²) in [5, 5.41) is 0.654. The van der Waals surface area contributed by atoms with Crippen LogP contribution >= 0.6 is 27.5 Å². The van der Waals surface area contributed by atoms with Crippen molar-refractivity contribution in [2.24, 2.45) is 0 Å². The van der Waals surface area contributed by atoms with Gasteiger partial charge in [-0.25, -0.2) is 4.98 Å². The molecule has 0 amide bonds. The molecule has 0 saturated carbocycles. The summed E-state index contributed by atoms with van der Waals surface area (Å²) in [5.74, 6) is 0.449. The molecule has 0 unspecified atom stereocenters. The van der Waals surface area contributed by atoms with Gasteiger partial charge in [-0.05, 0) is 36.4 Å². The standard InChI is InChI=1S/C13H9BrClN3/c14-8-2-1-3-10(6-8)18-12-5-4-9(15)7-11(12)17-13(18)16/h1-7H,(H2,16,17). The van der Waals surface area contributed by atoms with Gasteiger partial charge in [0.15, 0.2) is 0 Å². The minimum absolute atomic E-state index is 0.449. The fourth-order valence-electron chi connectivity index (χ4n) is 1.96. The Kier molecular flexibility index (Phi) is 2.76. The Bertz CT molecular complexity index is 736. The zero-order valence-electron chi connectivity index (χ0n) is 9.27. The third-order valence-corrected chi connectivity index (χ3v) is 3.44. The normalized spacial score (nSPS) is 11.0. The number of benzene rings is 2. The molecule has 0 aliphatic rings. The smallest absolute Gasteiger partial charge is 0.205 e. The molecule has 0 atom stereocenters. The molecule has 18 heavy (non-hydrogen) atoms. The molecule has 0 bridgehead atoms. The van der Waals surface area contributed by atoms with Crippen molar-refractivity contribution in [3.63, 3.8) is 0 Å². The number of anilines is 1. The molecule has 2 aromatic carbocycles. The van der Waals surface area contributed by atoms with Crippen LogP contribution in [-0.2, 0) is 0 Å². The fourth-order valence-corrected chi connectivity index (χ4v) is 2.51. The van der Waals surface area contributed by atoms with E-state index in [1.807, 2.05) is 47.0 Å². The summed E-state index contributed by atoms with van der Waals surface area (Å²) in [5.41, 5.74) is 8.67. The zero-order valence-corrected chi connectivity index (χ0v) is 11.6. The topological polar surface area (TPSA) is 43.8 Å². The lowest BCUT2D eigenvalue weighted by molar-refractivity contribution is 1.11. The van der Waals surface area contributed by atoms with E-state index in [0.29, 0.717) is 11.0 Å². The Morgan fingerprint density at radius 2 is 2.00 bits per heavy atom. The van der Waals surface area contributed by atoms with E-state index in [9.17, 15) is 0 Å². The number of nitrogens with two attached hydrogens (primary N) is 1. The second-order valence-electron chi connectivity index (χ2n) is 3.92. The van der Waals surface area contributed by atoms with Crippen LogP contribution < -0.4 is 5.73 Å². The zero-order chi connectivity index (χ0) is 12.7. The second kappa shape index (κ2) is 4.30. The number of fused-ring (bicyclic) bond motifs is 1. The van der Waals surface area contributed by atoms with E-state index in [-0.39, 0.29) is 0 Å². The molecule has 5 heteroatoms. The lowest BCUT2D eigenvalue weighted by atomic mass is 10.3. The Labute approximate surface area is 117 Å². The van der Waals surface area contributed by atoms with E-state index >= 15 is 0 Å². The van der Waals surface area contributed by atoms with Crippen LogP contribution in [0, 0.1) is 0 Å². The largest absolute Gasteiger partial charge is 0.369 e. The minimum Gasteiger partial charge on any atom is -0.369 e. The van der Waals surface area contributed by atoms with E-state index in [4.69, 9.17) is 17.3 Å². The van der Waals surface area contributed by atoms with Crippen LogP contribution in [0.25, 0.3) is 16.7 Å². The second-order valence-corrected chi connectivity index (χ2v) is 5.27. The van der Waals surface area contributed by atoms with Crippen LogP contribution in [0.3, 0.4) is 0 Å². The Balaban J connectivity index is 2.32. The molecule has 0 saturated heterocycles. The molecule has 90 valence electrons. The maximum atomic E-state index is 5.98. The van der Waals surface area contributed by atoms with Gasteiger partial charge in [-0.3, -0.25) is 4.57 Å². The first kappa shape index (κ1) is 11.6. The summed E-state index contributed by atoms with van der Waals surface area (Å²) in [4.78, 5) is 4.32. The van der Waals surface area contributed by atoms with Crippen LogP contribution in [0.2, 0.25) is 5.02 Å². The molecular formula is C13H9BrClN3. The molecule has 3 nitrogen and oxygen atoms in total. The summed E-state index contributed by atoms with van der Waals surface area (Å²) < 4.78 is 2.89. The number of hydrogen-bond acceptors (Lipinski definition) is 2. The van der Waals surface area contributed by atoms with Gasteiger partial charge in [-0.15, -0.1) is 0 Å². The predicted molar refractivity (Wildman–Crippen MR) is 78.2 cm³/mol. The Morgan fingerprint density at radius 3 is 2.78 bits per heavy atom. The van der Waals surface area contributed by atoms with Gasteiger partial charge in [-0.2, -0.15) is 0 Å². The maximum Gasteiger partial charge on any atom is 0.205 e. The summed E-state index contributed by atoms with van der Waals surface area (Å²) in [6, 6.07) is 13.5. The van der Waals surface area contributed by atoms with E-state index in [2.05, 4.69) is 20.9 Å². The van der Waals surface area contributed by atoms with Gasteiger partial charge in [0.25, 0.3) is 0 Å². The number of rotatable bonds is 1. The number of nitrogen functional groups attached to an aromatic ring is 1. The van der Waals surface area contributed by atoms with E-state index in [0.717, 1.165) is 21.2 Å². The summed E-state index contributed by atoms with van der Waals surface area (Å²) in [6.45, 7) is 0. The monoisotopic (exact) mass is 321 g/mol. The minimum atomic E-state index is 0.449. The highest BCUT2D eigenvalue weighted by molar-refractivity contribution is 9.10. The number of aromatic nitrogens is 2. The van der Waals surface area contributed by atoms with Crippen molar-refractivity contribution in [3.8, 4) is 5.69 Å². The molecule has 0 spiro atoms. The highest BCUT2D eigenvalue weighted by Crippen LogP contribution is 2.26. The highest BCUT2D eigenvalue weighted by atomic mass is 79.9.